The quantitative estimate of drug-likeness (QED) is 0.803. The predicted molar refractivity (Wildman–Crippen MR) is 77.9 cm³/mol. The van der Waals surface area contributed by atoms with Crippen LogP contribution in [-0.4, -0.2) is 36.7 Å². The van der Waals surface area contributed by atoms with Crippen LogP contribution in [0.15, 0.2) is 18.2 Å². The lowest BCUT2D eigenvalue weighted by molar-refractivity contribution is -0.141. The molecule has 1 amide bonds. The van der Waals surface area contributed by atoms with Gasteiger partial charge in [0, 0.05) is 11.6 Å². The zero-order valence-corrected chi connectivity index (χ0v) is 12.7. The van der Waals surface area contributed by atoms with Crippen molar-refractivity contribution in [3.63, 3.8) is 0 Å². The number of aliphatic carboxylic acids is 1. The molecule has 0 aliphatic heterocycles. The Morgan fingerprint density at radius 1 is 1.29 bits per heavy atom. The second kappa shape index (κ2) is 7.52. The summed E-state index contributed by atoms with van der Waals surface area (Å²) in [6.45, 7) is 5.49. The lowest BCUT2D eigenvalue weighted by atomic mass is 10.0. The Morgan fingerprint density at radius 3 is 2.48 bits per heavy atom. The van der Waals surface area contributed by atoms with Crippen molar-refractivity contribution in [2.24, 2.45) is 5.92 Å². The van der Waals surface area contributed by atoms with Gasteiger partial charge < -0.3 is 19.9 Å². The molecular weight excluding hydrogens is 274 g/mol. The Balaban J connectivity index is 2.87. The number of carboxylic acid groups (broad SMARTS) is 1. The van der Waals surface area contributed by atoms with E-state index in [0.29, 0.717) is 23.7 Å². The summed E-state index contributed by atoms with van der Waals surface area (Å²) in [4.78, 5) is 23.0. The van der Waals surface area contributed by atoms with Crippen LogP contribution in [-0.2, 0) is 4.79 Å². The number of ether oxygens (including phenoxy) is 2. The highest BCUT2D eigenvalue weighted by molar-refractivity contribution is 5.95. The van der Waals surface area contributed by atoms with Crippen LogP contribution in [0.1, 0.15) is 31.1 Å². The van der Waals surface area contributed by atoms with Crippen molar-refractivity contribution in [2.45, 2.75) is 26.8 Å². The summed E-state index contributed by atoms with van der Waals surface area (Å²) in [6.07, 6.45) is 0. The highest BCUT2D eigenvalue weighted by atomic mass is 16.5. The molecule has 0 radical (unpaired) electrons. The van der Waals surface area contributed by atoms with Crippen LogP contribution in [0.2, 0.25) is 0 Å². The lowest BCUT2D eigenvalue weighted by Gasteiger charge is -2.18. The first-order chi connectivity index (χ1) is 9.90. The summed E-state index contributed by atoms with van der Waals surface area (Å²) in [5.74, 6) is -0.947. The highest BCUT2D eigenvalue weighted by Gasteiger charge is 2.22. The maximum absolute atomic E-state index is 12.1. The minimum absolute atomic E-state index is 0.348. The van der Waals surface area contributed by atoms with E-state index in [4.69, 9.17) is 14.6 Å². The lowest BCUT2D eigenvalue weighted by Crippen LogP contribution is -2.40. The first kappa shape index (κ1) is 16.8. The average Bonchev–Trinajstić information content (AvgIpc) is 2.46. The van der Waals surface area contributed by atoms with Gasteiger partial charge in [-0.3, -0.25) is 9.59 Å². The average molecular weight is 295 g/mol. The Kier molecular flexibility index (Phi) is 6.02. The van der Waals surface area contributed by atoms with Gasteiger partial charge in [0.25, 0.3) is 5.91 Å². The van der Waals surface area contributed by atoms with Crippen molar-refractivity contribution in [1.29, 1.82) is 0 Å². The van der Waals surface area contributed by atoms with Gasteiger partial charge >= 0.3 is 5.97 Å². The molecule has 0 aliphatic carbocycles. The molecule has 1 aromatic carbocycles. The van der Waals surface area contributed by atoms with Crippen molar-refractivity contribution in [2.75, 3.05) is 13.7 Å². The van der Waals surface area contributed by atoms with Gasteiger partial charge in [-0.2, -0.15) is 0 Å². The molecule has 1 rings (SSSR count). The molecule has 116 valence electrons. The Bertz CT molecular complexity index is 515. The maximum Gasteiger partial charge on any atom is 0.308 e. The van der Waals surface area contributed by atoms with E-state index in [2.05, 4.69) is 5.32 Å². The molecule has 0 heterocycles. The summed E-state index contributed by atoms with van der Waals surface area (Å²) in [5.41, 5.74) is 0.392. The number of carbonyl (C=O) groups excluding carboxylic acids is 1. The Hall–Kier alpha value is -2.24. The first-order valence-corrected chi connectivity index (χ1v) is 6.75. The molecule has 21 heavy (non-hydrogen) atoms. The van der Waals surface area contributed by atoms with Crippen LogP contribution in [0.25, 0.3) is 0 Å². The third-order valence-corrected chi connectivity index (χ3v) is 3.22. The van der Waals surface area contributed by atoms with Gasteiger partial charge in [-0.1, -0.05) is 0 Å². The van der Waals surface area contributed by atoms with E-state index in [0.717, 1.165) is 0 Å². The predicted octanol–water partition coefficient (Wildman–Crippen LogP) is 1.93. The number of carbonyl (C=O) groups is 2. The van der Waals surface area contributed by atoms with Crippen molar-refractivity contribution in [1.82, 2.24) is 5.32 Å². The highest BCUT2D eigenvalue weighted by Crippen LogP contribution is 2.28. The van der Waals surface area contributed by atoms with Crippen LogP contribution in [0.4, 0.5) is 0 Å². The number of benzene rings is 1. The fraction of sp³-hybridized carbons (Fsp3) is 0.467. The molecule has 0 saturated heterocycles. The first-order valence-electron chi connectivity index (χ1n) is 6.75. The van der Waals surface area contributed by atoms with E-state index in [-0.39, 0.29) is 5.91 Å². The number of carboxylic acids is 1. The number of hydrogen-bond acceptors (Lipinski definition) is 4. The molecule has 6 heteroatoms. The summed E-state index contributed by atoms with van der Waals surface area (Å²) in [7, 11) is 1.52. The van der Waals surface area contributed by atoms with E-state index in [9.17, 15) is 9.59 Å². The third kappa shape index (κ3) is 4.37. The fourth-order valence-electron chi connectivity index (χ4n) is 1.72. The molecule has 2 N–H and O–H groups in total. The second-order valence-electron chi connectivity index (χ2n) is 4.69. The van der Waals surface area contributed by atoms with Gasteiger partial charge in [0.2, 0.25) is 0 Å². The van der Waals surface area contributed by atoms with E-state index >= 15 is 0 Å². The minimum Gasteiger partial charge on any atom is -0.493 e. The molecule has 0 bridgehead atoms. The van der Waals surface area contributed by atoms with Crippen molar-refractivity contribution >= 4 is 11.9 Å². The standard InChI is InChI=1S/C15H21NO5/c1-5-21-13-8-11(6-7-12(13)20-4)14(17)16-10(3)9(2)15(18)19/h6-10H,5H2,1-4H3,(H,16,17)(H,18,19). The molecule has 1 aromatic rings. The maximum atomic E-state index is 12.1. The van der Waals surface area contributed by atoms with Crippen LogP contribution < -0.4 is 14.8 Å². The molecule has 6 nitrogen and oxygen atoms in total. The Morgan fingerprint density at radius 2 is 1.95 bits per heavy atom. The van der Waals surface area contributed by atoms with Crippen molar-refractivity contribution in [3.8, 4) is 11.5 Å². The molecule has 2 unspecified atom stereocenters. The summed E-state index contributed by atoms with van der Waals surface area (Å²) < 4.78 is 10.6. The van der Waals surface area contributed by atoms with Gasteiger partial charge in [0.1, 0.15) is 0 Å². The summed E-state index contributed by atoms with van der Waals surface area (Å²) >= 11 is 0. The molecule has 2 atom stereocenters. The van der Waals surface area contributed by atoms with Crippen LogP contribution in [0.5, 0.6) is 11.5 Å². The molecule has 0 aliphatic rings. The van der Waals surface area contributed by atoms with Crippen LogP contribution >= 0.6 is 0 Å². The summed E-state index contributed by atoms with van der Waals surface area (Å²) in [5, 5.41) is 11.6. The second-order valence-corrected chi connectivity index (χ2v) is 4.69. The number of nitrogens with one attached hydrogen (secondary N) is 1. The number of hydrogen-bond donors (Lipinski definition) is 2. The van der Waals surface area contributed by atoms with Crippen molar-refractivity contribution in [3.05, 3.63) is 23.8 Å². The number of methoxy groups -OCH3 is 1. The SMILES string of the molecule is CCOc1cc(C(=O)NC(C)C(C)C(=O)O)ccc1OC. The molecule has 0 fully saturated rings. The van der Waals surface area contributed by atoms with E-state index in [1.807, 2.05) is 6.92 Å². The minimum atomic E-state index is -0.951. The van der Waals surface area contributed by atoms with Gasteiger partial charge in [-0.15, -0.1) is 0 Å². The largest absolute Gasteiger partial charge is 0.493 e. The van der Waals surface area contributed by atoms with Crippen molar-refractivity contribution < 1.29 is 24.2 Å². The molecule has 0 aromatic heterocycles. The smallest absolute Gasteiger partial charge is 0.308 e. The van der Waals surface area contributed by atoms with E-state index in [1.165, 1.54) is 7.11 Å². The van der Waals surface area contributed by atoms with Gasteiger partial charge in [-0.05, 0) is 39.0 Å². The van der Waals surface area contributed by atoms with Gasteiger partial charge in [-0.25, -0.2) is 0 Å². The molecular formula is C15H21NO5. The van der Waals surface area contributed by atoms with E-state index < -0.39 is 17.9 Å². The summed E-state index contributed by atoms with van der Waals surface area (Å²) in [6, 6.07) is 4.35. The number of rotatable bonds is 7. The zero-order chi connectivity index (χ0) is 16.0. The number of amides is 1. The molecule has 0 saturated carbocycles. The monoisotopic (exact) mass is 295 g/mol. The van der Waals surface area contributed by atoms with Crippen LogP contribution in [0.3, 0.4) is 0 Å². The van der Waals surface area contributed by atoms with Gasteiger partial charge in [0.15, 0.2) is 11.5 Å². The van der Waals surface area contributed by atoms with E-state index in [1.54, 1.807) is 32.0 Å². The van der Waals surface area contributed by atoms with Gasteiger partial charge in [0.05, 0.1) is 19.6 Å². The Labute approximate surface area is 124 Å². The zero-order valence-electron chi connectivity index (χ0n) is 12.7. The fourth-order valence-corrected chi connectivity index (χ4v) is 1.72. The molecule has 0 spiro atoms. The normalized spacial score (nSPS) is 13.1. The topological polar surface area (TPSA) is 84.9 Å². The third-order valence-electron chi connectivity index (χ3n) is 3.22. The van der Waals surface area contributed by atoms with Crippen LogP contribution in [0, 0.1) is 5.92 Å².